The van der Waals surface area contributed by atoms with Crippen LogP contribution in [0.2, 0.25) is 0 Å². The highest BCUT2D eigenvalue weighted by molar-refractivity contribution is 5.95. The van der Waals surface area contributed by atoms with E-state index in [0.717, 1.165) is 23.2 Å². The highest BCUT2D eigenvalue weighted by Gasteiger charge is 2.15. The molecule has 6 nitrogen and oxygen atoms in total. The Morgan fingerprint density at radius 3 is 2.41 bits per heavy atom. The van der Waals surface area contributed by atoms with Crippen LogP contribution >= 0.6 is 0 Å². The number of benzene rings is 2. The van der Waals surface area contributed by atoms with Gasteiger partial charge in [-0.2, -0.15) is 0 Å². The molecule has 0 aliphatic heterocycles. The van der Waals surface area contributed by atoms with Crippen LogP contribution < -0.4 is 20.1 Å². The lowest BCUT2D eigenvalue weighted by atomic mass is 10.0. The van der Waals surface area contributed by atoms with Crippen LogP contribution in [0.1, 0.15) is 41.3 Å². The minimum Gasteiger partial charge on any atom is -0.493 e. The molecule has 154 valence electrons. The molecule has 0 saturated carbocycles. The summed E-state index contributed by atoms with van der Waals surface area (Å²) in [6, 6.07) is 10.8. The molecule has 2 aromatic rings. The molecule has 6 heteroatoms. The molecule has 0 spiro atoms. The summed E-state index contributed by atoms with van der Waals surface area (Å²) in [5.41, 5.74) is 2.99. The molecule has 0 aliphatic carbocycles. The Bertz CT molecular complexity index is 860. The van der Waals surface area contributed by atoms with Gasteiger partial charge >= 0.3 is 0 Å². The first-order valence-electron chi connectivity index (χ1n) is 9.55. The molecule has 0 unspecified atom stereocenters. The number of nitrogens with one attached hydrogen (secondary N) is 2. The van der Waals surface area contributed by atoms with Gasteiger partial charge in [0.15, 0.2) is 11.5 Å². The van der Waals surface area contributed by atoms with E-state index in [4.69, 9.17) is 9.47 Å². The average molecular weight is 396 g/mol. The number of amides is 2. The van der Waals surface area contributed by atoms with E-state index < -0.39 is 0 Å². The number of methoxy groups -OCH3 is 2. The van der Waals surface area contributed by atoms with E-state index in [1.165, 1.54) is 7.11 Å². The number of hydrogen-bond acceptors (Lipinski definition) is 4. The molecule has 29 heavy (non-hydrogen) atoms. The molecule has 2 amide bonds. The van der Waals surface area contributed by atoms with E-state index in [1.54, 1.807) is 25.3 Å². The standard InChI is InChI=1S/C23H28N2O4/c1-5-7-17-13-18(14-20(28-3)22(17)29-4)23(27)24-15-16-9-11-19(12-10-16)25-21(26)8-6-2/h5,9-14H,1,6-8,15H2,2-4H3,(H,24,27)(H,25,26). The second-order valence-corrected chi connectivity index (χ2v) is 6.54. The number of hydrogen-bond donors (Lipinski definition) is 2. The summed E-state index contributed by atoms with van der Waals surface area (Å²) < 4.78 is 10.8. The van der Waals surface area contributed by atoms with Crippen molar-refractivity contribution in [2.45, 2.75) is 32.7 Å². The van der Waals surface area contributed by atoms with Crippen LogP contribution in [0.25, 0.3) is 0 Å². The lowest BCUT2D eigenvalue weighted by Crippen LogP contribution is -2.23. The summed E-state index contributed by atoms with van der Waals surface area (Å²) in [4.78, 5) is 24.3. The Balaban J connectivity index is 2.06. The van der Waals surface area contributed by atoms with E-state index in [2.05, 4.69) is 17.2 Å². The predicted octanol–water partition coefficient (Wildman–Crippen LogP) is 4.10. The van der Waals surface area contributed by atoms with E-state index in [-0.39, 0.29) is 11.8 Å². The van der Waals surface area contributed by atoms with Gasteiger partial charge < -0.3 is 20.1 Å². The number of rotatable bonds is 10. The number of ether oxygens (including phenoxy) is 2. The second kappa shape index (κ2) is 10.9. The van der Waals surface area contributed by atoms with Gasteiger partial charge in [0.25, 0.3) is 5.91 Å². The minimum absolute atomic E-state index is 0.00247. The Labute approximate surface area is 171 Å². The maximum absolute atomic E-state index is 12.6. The highest BCUT2D eigenvalue weighted by atomic mass is 16.5. The van der Waals surface area contributed by atoms with Crippen LogP contribution in [-0.2, 0) is 17.8 Å². The van der Waals surface area contributed by atoms with Crippen molar-refractivity contribution in [2.24, 2.45) is 0 Å². The van der Waals surface area contributed by atoms with Gasteiger partial charge in [-0.3, -0.25) is 9.59 Å². The Kier molecular flexibility index (Phi) is 8.27. The van der Waals surface area contributed by atoms with Crippen molar-refractivity contribution >= 4 is 17.5 Å². The normalized spacial score (nSPS) is 10.2. The van der Waals surface area contributed by atoms with Crippen molar-refractivity contribution in [3.63, 3.8) is 0 Å². The Morgan fingerprint density at radius 2 is 1.83 bits per heavy atom. The van der Waals surface area contributed by atoms with Crippen molar-refractivity contribution in [3.05, 3.63) is 65.7 Å². The van der Waals surface area contributed by atoms with Gasteiger partial charge in [0.05, 0.1) is 14.2 Å². The van der Waals surface area contributed by atoms with Crippen molar-refractivity contribution in [1.82, 2.24) is 5.32 Å². The number of carbonyl (C=O) groups is 2. The number of anilines is 1. The lowest BCUT2D eigenvalue weighted by Gasteiger charge is -2.14. The van der Waals surface area contributed by atoms with Crippen LogP contribution in [0.4, 0.5) is 5.69 Å². The molecule has 2 N–H and O–H groups in total. The van der Waals surface area contributed by atoms with Crippen molar-refractivity contribution in [1.29, 1.82) is 0 Å². The molecule has 0 heterocycles. The zero-order valence-electron chi connectivity index (χ0n) is 17.2. The summed E-state index contributed by atoms with van der Waals surface area (Å²) in [5.74, 6) is 0.891. The summed E-state index contributed by atoms with van der Waals surface area (Å²) in [7, 11) is 3.11. The maximum Gasteiger partial charge on any atom is 0.251 e. The van der Waals surface area contributed by atoms with E-state index in [1.807, 2.05) is 31.2 Å². The van der Waals surface area contributed by atoms with Crippen LogP contribution in [0.3, 0.4) is 0 Å². The van der Waals surface area contributed by atoms with Crippen LogP contribution in [0.15, 0.2) is 49.1 Å². The largest absolute Gasteiger partial charge is 0.493 e. The van der Waals surface area contributed by atoms with Gasteiger partial charge in [-0.05, 0) is 42.7 Å². The molecule has 0 radical (unpaired) electrons. The Hall–Kier alpha value is -3.28. The second-order valence-electron chi connectivity index (χ2n) is 6.54. The molecule has 2 aromatic carbocycles. The predicted molar refractivity (Wildman–Crippen MR) is 115 cm³/mol. The topological polar surface area (TPSA) is 76.7 Å². The van der Waals surface area contributed by atoms with E-state index in [9.17, 15) is 9.59 Å². The molecule has 0 saturated heterocycles. The van der Waals surface area contributed by atoms with Crippen LogP contribution in [-0.4, -0.2) is 26.0 Å². The summed E-state index contributed by atoms with van der Waals surface area (Å²) in [6.45, 7) is 6.08. The first-order chi connectivity index (χ1) is 14.0. The molecular formula is C23H28N2O4. The molecule has 2 rings (SSSR count). The van der Waals surface area contributed by atoms with E-state index >= 15 is 0 Å². The third-order valence-corrected chi connectivity index (χ3v) is 4.35. The zero-order valence-corrected chi connectivity index (χ0v) is 17.2. The third-order valence-electron chi connectivity index (χ3n) is 4.35. The monoisotopic (exact) mass is 396 g/mol. The fraction of sp³-hybridized carbons (Fsp3) is 0.304. The quantitative estimate of drug-likeness (QED) is 0.593. The molecule has 0 bridgehead atoms. The van der Waals surface area contributed by atoms with Gasteiger partial charge in [0.2, 0.25) is 5.91 Å². The van der Waals surface area contributed by atoms with E-state index in [0.29, 0.717) is 36.4 Å². The van der Waals surface area contributed by atoms with Gasteiger partial charge in [-0.1, -0.05) is 25.1 Å². The van der Waals surface area contributed by atoms with Crippen LogP contribution in [0.5, 0.6) is 11.5 Å². The highest BCUT2D eigenvalue weighted by Crippen LogP contribution is 2.33. The van der Waals surface area contributed by atoms with Crippen molar-refractivity contribution < 1.29 is 19.1 Å². The molecule has 0 fully saturated rings. The first kappa shape index (κ1) is 22.0. The summed E-state index contributed by atoms with van der Waals surface area (Å²) in [6.07, 6.45) is 3.61. The zero-order chi connectivity index (χ0) is 21.2. The Morgan fingerprint density at radius 1 is 1.10 bits per heavy atom. The average Bonchev–Trinajstić information content (AvgIpc) is 2.72. The van der Waals surface area contributed by atoms with Gasteiger partial charge in [-0.15, -0.1) is 6.58 Å². The van der Waals surface area contributed by atoms with Crippen molar-refractivity contribution in [3.8, 4) is 11.5 Å². The summed E-state index contributed by atoms with van der Waals surface area (Å²) >= 11 is 0. The fourth-order valence-electron chi connectivity index (χ4n) is 2.92. The smallest absolute Gasteiger partial charge is 0.251 e. The fourth-order valence-corrected chi connectivity index (χ4v) is 2.92. The summed E-state index contributed by atoms with van der Waals surface area (Å²) in [5, 5.41) is 5.75. The van der Waals surface area contributed by atoms with Crippen molar-refractivity contribution in [2.75, 3.05) is 19.5 Å². The molecule has 0 aromatic heterocycles. The number of allylic oxidation sites excluding steroid dienone is 1. The van der Waals surface area contributed by atoms with Crippen LogP contribution in [0, 0.1) is 0 Å². The van der Waals surface area contributed by atoms with Gasteiger partial charge in [0, 0.05) is 29.8 Å². The number of carbonyl (C=O) groups excluding carboxylic acids is 2. The third kappa shape index (κ3) is 6.10. The molecule has 0 atom stereocenters. The minimum atomic E-state index is -0.211. The first-order valence-corrected chi connectivity index (χ1v) is 9.55. The molecule has 0 aliphatic rings. The lowest BCUT2D eigenvalue weighted by molar-refractivity contribution is -0.116. The van der Waals surface area contributed by atoms with Gasteiger partial charge in [-0.25, -0.2) is 0 Å². The van der Waals surface area contributed by atoms with Gasteiger partial charge in [0.1, 0.15) is 0 Å². The maximum atomic E-state index is 12.6. The SMILES string of the molecule is C=CCc1cc(C(=O)NCc2ccc(NC(=O)CCC)cc2)cc(OC)c1OC. The molecular weight excluding hydrogens is 368 g/mol.